The van der Waals surface area contributed by atoms with E-state index in [2.05, 4.69) is 6.58 Å². The monoisotopic (exact) mass is 376 g/mol. The predicted molar refractivity (Wildman–Crippen MR) is 104 cm³/mol. The molecular weight excluding hydrogens is 360 g/mol. The van der Waals surface area contributed by atoms with Crippen molar-refractivity contribution in [1.82, 2.24) is 0 Å². The Morgan fingerprint density at radius 1 is 0.964 bits per heavy atom. The van der Waals surface area contributed by atoms with E-state index in [0.29, 0.717) is 5.56 Å². The topological polar surface area (TPSA) is 101 Å². The minimum atomic E-state index is -1.40. The highest BCUT2D eigenvalue weighted by Gasteiger charge is 2.27. The average molecular weight is 376 g/mol. The molecule has 0 heterocycles. The Hall–Kier alpha value is -3.93. The number of aromatic carboxylic acids is 2. The van der Waals surface area contributed by atoms with E-state index in [0.717, 1.165) is 16.8 Å². The van der Waals surface area contributed by atoms with Crippen LogP contribution in [0.3, 0.4) is 0 Å². The number of hydrogen-bond donors (Lipinski definition) is 2. The van der Waals surface area contributed by atoms with Gasteiger partial charge in [-0.1, -0.05) is 43.0 Å². The molecule has 0 aliphatic heterocycles. The van der Waals surface area contributed by atoms with Gasteiger partial charge in [-0.2, -0.15) is 0 Å². The summed E-state index contributed by atoms with van der Waals surface area (Å²) >= 11 is 0. The van der Waals surface area contributed by atoms with Crippen molar-refractivity contribution < 1.29 is 29.3 Å². The average Bonchev–Trinajstić information content (AvgIpc) is 2.67. The SMILES string of the molecule is C=CC(=O)Oc1c(C)cc(C(=O)O)c(-c2ccc3ccccc3c2)c1C(=O)O. The zero-order valence-electron chi connectivity index (χ0n) is 14.9. The molecule has 0 unspecified atom stereocenters. The number of esters is 1. The molecule has 0 saturated heterocycles. The molecule has 3 aromatic rings. The highest BCUT2D eigenvalue weighted by atomic mass is 16.5. The number of carbonyl (C=O) groups excluding carboxylic acids is 1. The van der Waals surface area contributed by atoms with Gasteiger partial charge in [-0.05, 0) is 41.0 Å². The highest BCUT2D eigenvalue weighted by Crippen LogP contribution is 2.38. The van der Waals surface area contributed by atoms with Gasteiger partial charge in [0.25, 0.3) is 0 Å². The first-order valence-corrected chi connectivity index (χ1v) is 8.31. The second kappa shape index (κ2) is 7.36. The van der Waals surface area contributed by atoms with Crippen LogP contribution in [0.15, 0.2) is 61.2 Å². The second-order valence-electron chi connectivity index (χ2n) is 6.12. The van der Waals surface area contributed by atoms with Crippen LogP contribution in [0.2, 0.25) is 0 Å². The van der Waals surface area contributed by atoms with Crippen LogP contribution >= 0.6 is 0 Å². The van der Waals surface area contributed by atoms with Gasteiger partial charge in [0.1, 0.15) is 11.3 Å². The number of benzene rings is 3. The number of carbonyl (C=O) groups is 3. The predicted octanol–water partition coefficient (Wildman–Crippen LogP) is 4.30. The smallest absolute Gasteiger partial charge is 0.340 e. The van der Waals surface area contributed by atoms with Crippen LogP contribution in [0.4, 0.5) is 0 Å². The Morgan fingerprint density at radius 2 is 1.64 bits per heavy atom. The van der Waals surface area contributed by atoms with Crippen molar-refractivity contribution in [2.45, 2.75) is 6.92 Å². The molecule has 28 heavy (non-hydrogen) atoms. The van der Waals surface area contributed by atoms with Crippen molar-refractivity contribution >= 4 is 28.7 Å². The lowest BCUT2D eigenvalue weighted by Crippen LogP contribution is -2.14. The maximum absolute atomic E-state index is 12.1. The first-order valence-electron chi connectivity index (χ1n) is 8.31. The number of fused-ring (bicyclic) bond motifs is 1. The van der Waals surface area contributed by atoms with Crippen molar-refractivity contribution in [3.8, 4) is 16.9 Å². The molecule has 2 N–H and O–H groups in total. The molecule has 0 fully saturated rings. The summed E-state index contributed by atoms with van der Waals surface area (Å²) < 4.78 is 5.14. The van der Waals surface area contributed by atoms with E-state index >= 15 is 0 Å². The third-order valence-corrected chi connectivity index (χ3v) is 4.32. The Bertz CT molecular complexity index is 1140. The molecule has 0 aliphatic rings. The van der Waals surface area contributed by atoms with Crippen LogP contribution in [0, 0.1) is 6.92 Å². The lowest BCUT2D eigenvalue weighted by atomic mass is 9.90. The van der Waals surface area contributed by atoms with Crippen LogP contribution in [0.1, 0.15) is 26.3 Å². The molecular formula is C22H16O6. The summed E-state index contributed by atoms with van der Waals surface area (Å²) in [5.41, 5.74) is 0.00798. The van der Waals surface area contributed by atoms with Crippen LogP contribution in [-0.2, 0) is 4.79 Å². The molecule has 0 atom stereocenters. The van der Waals surface area contributed by atoms with Crippen molar-refractivity contribution in [1.29, 1.82) is 0 Å². The summed E-state index contributed by atoms with van der Waals surface area (Å²) in [5, 5.41) is 21.2. The Balaban J connectivity index is 2.40. The third-order valence-electron chi connectivity index (χ3n) is 4.32. The molecule has 140 valence electrons. The van der Waals surface area contributed by atoms with E-state index in [9.17, 15) is 24.6 Å². The summed E-state index contributed by atoms with van der Waals surface area (Å²) in [6.07, 6.45) is 0.909. The number of carboxylic acids is 2. The summed E-state index contributed by atoms with van der Waals surface area (Å²) in [6, 6.07) is 13.8. The van der Waals surface area contributed by atoms with Crippen LogP contribution < -0.4 is 4.74 Å². The first-order chi connectivity index (χ1) is 13.3. The summed E-state index contributed by atoms with van der Waals surface area (Å²) in [4.78, 5) is 35.6. The Morgan fingerprint density at radius 3 is 2.25 bits per heavy atom. The van der Waals surface area contributed by atoms with Crippen molar-refractivity contribution in [2.75, 3.05) is 0 Å². The van der Waals surface area contributed by atoms with Crippen molar-refractivity contribution in [3.63, 3.8) is 0 Å². The third kappa shape index (κ3) is 3.35. The van der Waals surface area contributed by atoms with Gasteiger partial charge in [0.05, 0.1) is 5.56 Å². The Kier molecular flexibility index (Phi) is 4.96. The minimum absolute atomic E-state index is 0.0248. The van der Waals surface area contributed by atoms with Gasteiger partial charge in [-0.25, -0.2) is 14.4 Å². The molecule has 0 saturated carbocycles. The number of rotatable bonds is 5. The number of carboxylic acid groups (broad SMARTS) is 2. The van der Waals surface area contributed by atoms with E-state index in [1.165, 1.54) is 13.0 Å². The normalized spacial score (nSPS) is 10.5. The van der Waals surface area contributed by atoms with Gasteiger partial charge in [-0.3, -0.25) is 0 Å². The van der Waals surface area contributed by atoms with Crippen molar-refractivity contribution in [3.05, 3.63) is 77.9 Å². The lowest BCUT2D eigenvalue weighted by molar-refractivity contribution is -0.129. The standard InChI is InChI=1S/C22H16O6/c1-3-17(23)28-20-12(2)10-16(21(24)25)18(19(20)22(26)27)15-9-8-13-6-4-5-7-14(13)11-15/h3-11H,1H2,2H3,(H,24,25)(H,26,27). The van der Waals surface area contributed by atoms with Crippen LogP contribution in [-0.4, -0.2) is 28.1 Å². The fourth-order valence-electron chi connectivity index (χ4n) is 3.09. The van der Waals surface area contributed by atoms with Gasteiger partial charge in [0.2, 0.25) is 0 Å². The second-order valence-corrected chi connectivity index (χ2v) is 6.12. The van der Waals surface area contributed by atoms with E-state index in [1.54, 1.807) is 18.2 Å². The minimum Gasteiger partial charge on any atom is -0.478 e. The van der Waals surface area contributed by atoms with Crippen molar-refractivity contribution in [2.24, 2.45) is 0 Å². The fourth-order valence-corrected chi connectivity index (χ4v) is 3.09. The van der Waals surface area contributed by atoms with Gasteiger partial charge in [-0.15, -0.1) is 0 Å². The van der Waals surface area contributed by atoms with E-state index < -0.39 is 17.9 Å². The largest absolute Gasteiger partial charge is 0.478 e. The summed E-state index contributed by atoms with van der Waals surface area (Å²) in [5.74, 6) is -3.72. The molecule has 3 rings (SSSR count). The number of ether oxygens (including phenoxy) is 1. The molecule has 0 radical (unpaired) electrons. The molecule has 0 spiro atoms. The number of aryl methyl sites for hydroxylation is 1. The van der Waals surface area contributed by atoms with E-state index in [-0.39, 0.29) is 28.0 Å². The Labute approximate surface area is 160 Å². The fraction of sp³-hybridized carbons (Fsp3) is 0.0455. The zero-order chi connectivity index (χ0) is 20.4. The van der Waals surface area contributed by atoms with Crippen LogP contribution in [0.25, 0.3) is 21.9 Å². The maximum Gasteiger partial charge on any atom is 0.340 e. The zero-order valence-corrected chi connectivity index (χ0v) is 14.9. The first kappa shape index (κ1) is 18.8. The quantitative estimate of drug-likeness (QED) is 0.391. The summed E-state index contributed by atoms with van der Waals surface area (Å²) in [7, 11) is 0. The molecule has 0 aliphatic carbocycles. The van der Waals surface area contributed by atoms with Gasteiger partial charge < -0.3 is 14.9 Å². The molecule has 3 aromatic carbocycles. The van der Waals surface area contributed by atoms with E-state index in [1.807, 2.05) is 24.3 Å². The van der Waals surface area contributed by atoms with Gasteiger partial charge in [0.15, 0.2) is 0 Å². The number of hydrogen-bond acceptors (Lipinski definition) is 4. The van der Waals surface area contributed by atoms with E-state index in [4.69, 9.17) is 4.74 Å². The molecule has 6 nitrogen and oxygen atoms in total. The van der Waals surface area contributed by atoms with Gasteiger partial charge in [0, 0.05) is 11.6 Å². The molecule has 0 bridgehead atoms. The summed E-state index contributed by atoms with van der Waals surface area (Å²) in [6.45, 7) is 4.79. The highest BCUT2D eigenvalue weighted by molar-refractivity contribution is 6.08. The molecule has 6 heteroatoms. The molecule has 0 amide bonds. The molecule has 0 aromatic heterocycles. The maximum atomic E-state index is 12.1. The van der Waals surface area contributed by atoms with Gasteiger partial charge >= 0.3 is 17.9 Å². The lowest BCUT2D eigenvalue weighted by Gasteiger charge is -2.17. The van der Waals surface area contributed by atoms with Crippen LogP contribution in [0.5, 0.6) is 5.75 Å².